The Kier molecular flexibility index (Phi) is 4.29. The highest BCUT2D eigenvalue weighted by Crippen LogP contribution is 2.29. The van der Waals surface area contributed by atoms with Crippen molar-refractivity contribution in [3.63, 3.8) is 0 Å². The number of carbonyl (C=O) groups is 1. The first kappa shape index (κ1) is 14.6. The Balaban J connectivity index is 1.67. The highest BCUT2D eigenvalue weighted by molar-refractivity contribution is 5.77. The molecule has 0 aliphatic carbocycles. The molecule has 114 valence electrons. The van der Waals surface area contributed by atoms with Gasteiger partial charge >= 0.3 is 0 Å². The Labute approximate surface area is 127 Å². The van der Waals surface area contributed by atoms with Crippen molar-refractivity contribution in [2.75, 3.05) is 6.54 Å². The third kappa shape index (κ3) is 3.46. The summed E-state index contributed by atoms with van der Waals surface area (Å²) in [6.45, 7) is 6.31. The average Bonchev–Trinajstić information content (AvgIpc) is 2.71. The SMILES string of the molecule is CC(C)Cc1ccc(CN2[C@@H]3CC[C@H]2CNC(=O)C3)cc1. The van der Waals surface area contributed by atoms with Crippen LogP contribution in [0.3, 0.4) is 0 Å². The molecule has 2 bridgehead atoms. The first-order valence-electron chi connectivity index (χ1n) is 8.22. The van der Waals surface area contributed by atoms with Crippen LogP contribution in [0.5, 0.6) is 0 Å². The molecule has 0 radical (unpaired) electrons. The van der Waals surface area contributed by atoms with E-state index in [1.807, 2.05) is 0 Å². The maximum Gasteiger partial charge on any atom is 0.221 e. The van der Waals surface area contributed by atoms with E-state index in [2.05, 4.69) is 48.3 Å². The maximum atomic E-state index is 11.7. The van der Waals surface area contributed by atoms with Gasteiger partial charge in [0.05, 0.1) is 0 Å². The summed E-state index contributed by atoms with van der Waals surface area (Å²) < 4.78 is 0. The van der Waals surface area contributed by atoms with Crippen molar-refractivity contribution in [1.82, 2.24) is 10.2 Å². The number of hydrogen-bond donors (Lipinski definition) is 1. The molecule has 2 heterocycles. The van der Waals surface area contributed by atoms with Crippen molar-refractivity contribution in [2.45, 2.75) is 58.2 Å². The summed E-state index contributed by atoms with van der Waals surface area (Å²) >= 11 is 0. The van der Waals surface area contributed by atoms with E-state index in [0.29, 0.717) is 24.4 Å². The molecule has 0 unspecified atom stereocenters. The summed E-state index contributed by atoms with van der Waals surface area (Å²) in [4.78, 5) is 14.2. The summed E-state index contributed by atoms with van der Waals surface area (Å²) in [5.41, 5.74) is 2.79. The van der Waals surface area contributed by atoms with Crippen molar-refractivity contribution in [2.24, 2.45) is 5.92 Å². The minimum absolute atomic E-state index is 0.222. The Bertz CT molecular complexity index is 494. The standard InChI is InChI=1S/C18H26N2O/c1-13(2)9-14-3-5-15(6-4-14)12-20-16-7-8-17(20)11-19-18(21)10-16/h3-6,13,16-17H,7-12H2,1-2H3,(H,19,21)/t16-,17+/m1/s1. The molecule has 0 spiro atoms. The minimum Gasteiger partial charge on any atom is -0.354 e. The normalized spacial score (nSPS) is 26.0. The third-order valence-electron chi connectivity index (χ3n) is 4.76. The predicted octanol–water partition coefficient (Wildman–Crippen LogP) is 2.74. The van der Waals surface area contributed by atoms with Crippen LogP contribution in [0.4, 0.5) is 0 Å². The molecule has 3 nitrogen and oxygen atoms in total. The molecule has 2 fully saturated rings. The lowest BCUT2D eigenvalue weighted by Gasteiger charge is -2.27. The van der Waals surface area contributed by atoms with Gasteiger partial charge in [0.1, 0.15) is 0 Å². The van der Waals surface area contributed by atoms with E-state index >= 15 is 0 Å². The van der Waals surface area contributed by atoms with Crippen LogP contribution in [0.2, 0.25) is 0 Å². The van der Waals surface area contributed by atoms with Gasteiger partial charge < -0.3 is 5.32 Å². The number of amides is 1. The molecule has 2 aliphatic rings. The molecule has 1 N–H and O–H groups in total. The molecule has 3 rings (SSSR count). The highest BCUT2D eigenvalue weighted by Gasteiger charge is 2.36. The summed E-state index contributed by atoms with van der Waals surface area (Å²) in [5.74, 6) is 0.925. The molecular formula is C18H26N2O. The first-order chi connectivity index (χ1) is 10.1. The number of fused-ring (bicyclic) bond motifs is 2. The van der Waals surface area contributed by atoms with Crippen LogP contribution in [0, 0.1) is 5.92 Å². The molecule has 0 aromatic heterocycles. The zero-order valence-electron chi connectivity index (χ0n) is 13.1. The Morgan fingerprint density at radius 1 is 1.14 bits per heavy atom. The van der Waals surface area contributed by atoms with E-state index in [1.54, 1.807) is 0 Å². The second-order valence-electron chi connectivity index (χ2n) is 6.98. The number of hydrogen-bond acceptors (Lipinski definition) is 2. The van der Waals surface area contributed by atoms with E-state index in [0.717, 1.165) is 19.5 Å². The van der Waals surface area contributed by atoms with Gasteiger partial charge in [0.2, 0.25) is 5.91 Å². The molecule has 2 saturated heterocycles. The topological polar surface area (TPSA) is 32.3 Å². The van der Waals surface area contributed by atoms with Gasteiger partial charge in [0.25, 0.3) is 0 Å². The average molecular weight is 286 g/mol. The third-order valence-corrected chi connectivity index (χ3v) is 4.76. The lowest BCUT2D eigenvalue weighted by atomic mass is 10.0. The first-order valence-corrected chi connectivity index (χ1v) is 8.22. The zero-order chi connectivity index (χ0) is 14.8. The number of nitrogens with one attached hydrogen (secondary N) is 1. The van der Waals surface area contributed by atoms with Crippen LogP contribution >= 0.6 is 0 Å². The Morgan fingerprint density at radius 2 is 1.81 bits per heavy atom. The Morgan fingerprint density at radius 3 is 2.52 bits per heavy atom. The summed E-state index contributed by atoms with van der Waals surface area (Å²) in [6, 6.07) is 10.0. The van der Waals surface area contributed by atoms with Gasteiger partial charge in [-0.1, -0.05) is 38.1 Å². The van der Waals surface area contributed by atoms with E-state index in [-0.39, 0.29) is 5.91 Å². The monoisotopic (exact) mass is 286 g/mol. The number of rotatable bonds is 4. The predicted molar refractivity (Wildman–Crippen MR) is 85.0 cm³/mol. The number of benzene rings is 1. The van der Waals surface area contributed by atoms with Gasteiger partial charge in [0.15, 0.2) is 0 Å². The smallest absolute Gasteiger partial charge is 0.221 e. The van der Waals surface area contributed by atoms with E-state index in [9.17, 15) is 4.79 Å². The van der Waals surface area contributed by atoms with E-state index < -0.39 is 0 Å². The summed E-state index contributed by atoms with van der Waals surface area (Å²) in [6.07, 6.45) is 4.20. The molecule has 1 aromatic carbocycles. The fraction of sp³-hybridized carbons (Fsp3) is 0.611. The minimum atomic E-state index is 0.222. The second-order valence-corrected chi connectivity index (χ2v) is 6.98. The number of carbonyl (C=O) groups excluding carboxylic acids is 1. The molecule has 2 aliphatic heterocycles. The van der Waals surface area contributed by atoms with Gasteiger partial charge in [-0.15, -0.1) is 0 Å². The van der Waals surface area contributed by atoms with Gasteiger partial charge in [-0.25, -0.2) is 0 Å². The van der Waals surface area contributed by atoms with Gasteiger partial charge in [-0.2, -0.15) is 0 Å². The van der Waals surface area contributed by atoms with Crippen LogP contribution in [-0.4, -0.2) is 29.4 Å². The summed E-state index contributed by atoms with van der Waals surface area (Å²) in [5, 5.41) is 3.04. The van der Waals surface area contributed by atoms with Crippen molar-refractivity contribution < 1.29 is 4.79 Å². The van der Waals surface area contributed by atoms with E-state index in [1.165, 1.54) is 24.0 Å². The van der Waals surface area contributed by atoms with Crippen LogP contribution in [0.25, 0.3) is 0 Å². The molecule has 2 atom stereocenters. The van der Waals surface area contributed by atoms with Gasteiger partial charge in [0, 0.05) is 31.6 Å². The van der Waals surface area contributed by atoms with Crippen molar-refractivity contribution in [3.8, 4) is 0 Å². The molecule has 3 heteroatoms. The lowest BCUT2D eigenvalue weighted by molar-refractivity contribution is -0.121. The number of nitrogens with zero attached hydrogens (tertiary/aromatic N) is 1. The quantitative estimate of drug-likeness (QED) is 0.923. The van der Waals surface area contributed by atoms with E-state index in [4.69, 9.17) is 0 Å². The van der Waals surface area contributed by atoms with Crippen LogP contribution in [-0.2, 0) is 17.8 Å². The highest BCUT2D eigenvalue weighted by atomic mass is 16.1. The second kappa shape index (κ2) is 6.18. The van der Waals surface area contributed by atoms with Gasteiger partial charge in [-0.3, -0.25) is 9.69 Å². The molecular weight excluding hydrogens is 260 g/mol. The van der Waals surface area contributed by atoms with Crippen LogP contribution < -0.4 is 5.32 Å². The fourth-order valence-electron chi connectivity index (χ4n) is 3.69. The molecule has 1 aromatic rings. The van der Waals surface area contributed by atoms with Gasteiger partial charge in [-0.05, 0) is 36.3 Å². The van der Waals surface area contributed by atoms with Crippen molar-refractivity contribution in [3.05, 3.63) is 35.4 Å². The summed E-state index contributed by atoms with van der Waals surface area (Å²) in [7, 11) is 0. The molecule has 0 saturated carbocycles. The van der Waals surface area contributed by atoms with Crippen molar-refractivity contribution >= 4 is 5.91 Å². The Hall–Kier alpha value is -1.35. The fourth-order valence-corrected chi connectivity index (χ4v) is 3.69. The van der Waals surface area contributed by atoms with Crippen molar-refractivity contribution in [1.29, 1.82) is 0 Å². The lowest BCUT2D eigenvalue weighted by Crippen LogP contribution is -2.37. The maximum absolute atomic E-state index is 11.7. The van der Waals surface area contributed by atoms with Crippen LogP contribution in [0.15, 0.2) is 24.3 Å². The molecule has 21 heavy (non-hydrogen) atoms. The van der Waals surface area contributed by atoms with Crippen LogP contribution in [0.1, 0.15) is 44.2 Å². The molecule has 1 amide bonds. The zero-order valence-corrected chi connectivity index (χ0v) is 13.1. The largest absolute Gasteiger partial charge is 0.354 e.